The van der Waals surface area contributed by atoms with E-state index < -0.39 is 28.3 Å². The van der Waals surface area contributed by atoms with Gasteiger partial charge in [0.2, 0.25) is 0 Å². The lowest BCUT2D eigenvalue weighted by atomic mass is 10.1. The number of aliphatic hydroxyl groups is 1. The van der Waals surface area contributed by atoms with Gasteiger partial charge in [-0.1, -0.05) is 0 Å². The van der Waals surface area contributed by atoms with Crippen LogP contribution in [0.5, 0.6) is 0 Å². The summed E-state index contributed by atoms with van der Waals surface area (Å²) in [6, 6.07) is -1.03. The number of aliphatic carboxylic acids is 1. The Bertz CT molecular complexity index is 427. The van der Waals surface area contributed by atoms with E-state index in [1.165, 1.54) is 14.2 Å². The maximum absolute atomic E-state index is 12.4. The van der Waals surface area contributed by atoms with Crippen molar-refractivity contribution in [3.8, 4) is 0 Å². The van der Waals surface area contributed by atoms with Crippen molar-refractivity contribution in [1.29, 1.82) is 0 Å². The zero-order chi connectivity index (χ0) is 15.3. The summed E-state index contributed by atoms with van der Waals surface area (Å²) in [5, 5.41) is 18.7. The van der Waals surface area contributed by atoms with Gasteiger partial charge in [0.25, 0.3) is 10.2 Å². The summed E-state index contributed by atoms with van der Waals surface area (Å²) >= 11 is 0. The number of carbonyl (C=O) groups is 1. The van der Waals surface area contributed by atoms with E-state index in [1.54, 1.807) is 0 Å². The first-order valence-electron chi connectivity index (χ1n) is 6.43. The number of hydrogen-bond acceptors (Lipinski definition) is 5. The predicted octanol–water partition coefficient (Wildman–Crippen LogP) is -0.891. The second-order valence-corrected chi connectivity index (χ2v) is 6.85. The van der Waals surface area contributed by atoms with Gasteiger partial charge in [-0.2, -0.15) is 17.0 Å². The highest BCUT2D eigenvalue weighted by molar-refractivity contribution is 7.86. The van der Waals surface area contributed by atoms with Crippen LogP contribution in [-0.4, -0.2) is 79.2 Å². The molecule has 2 unspecified atom stereocenters. The summed E-state index contributed by atoms with van der Waals surface area (Å²) < 4.78 is 31.5. The Morgan fingerprint density at radius 1 is 1.50 bits per heavy atom. The fourth-order valence-electron chi connectivity index (χ4n) is 2.24. The van der Waals surface area contributed by atoms with Gasteiger partial charge in [-0.25, -0.2) is 0 Å². The van der Waals surface area contributed by atoms with Crippen molar-refractivity contribution in [2.75, 3.05) is 33.9 Å². The van der Waals surface area contributed by atoms with Gasteiger partial charge in [0.05, 0.1) is 12.7 Å². The molecule has 0 aromatic heterocycles. The fraction of sp³-hybridized carbons (Fsp3) is 0.909. The van der Waals surface area contributed by atoms with Crippen molar-refractivity contribution in [2.45, 2.75) is 31.4 Å². The molecule has 1 heterocycles. The predicted molar refractivity (Wildman–Crippen MR) is 71.4 cm³/mol. The minimum Gasteiger partial charge on any atom is -0.480 e. The van der Waals surface area contributed by atoms with Crippen molar-refractivity contribution in [1.82, 2.24) is 8.61 Å². The molecule has 1 aliphatic heterocycles. The lowest BCUT2D eigenvalue weighted by Crippen LogP contribution is -2.53. The number of rotatable bonds is 7. The molecule has 0 spiro atoms. The Morgan fingerprint density at radius 3 is 2.70 bits per heavy atom. The maximum Gasteiger partial charge on any atom is 0.322 e. The number of nitrogens with zero attached hydrogens (tertiary/aromatic N) is 2. The first kappa shape index (κ1) is 17.3. The summed E-state index contributed by atoms with van der Waals surface area (Å²) in [6.07, 6.45) is 0.687. The average Bonchev–Trinajstić information content (AvgIpc) is 2.38. The van der Waals surface area contributed by atoms with Crippen molar-refractivity contribution < 1.29 is 28.2 Å². The topological polar surface area (TPSA) is 107 Å². The molecule has 0 amide bonds. The Labute approximate surface area is 119 Å². The van der Waals surface area contributed by atoms with Crippen molar-refractivity contribution in [2.24, 2.45) is 0 Å². The molecule has 2 atom stereocenters. The summed E-state index contributed by atoms with van der Waals surface area (Å²) in [5.74, 6) is -1.14. The monoisotopic (exact) mass is 310 g/mol. The van der Waals surface area contributed by atoms with Gasteiger partial charge in [-0.15, -0.1) is 0 Å². The van der Waals surface area contributed by atoms with Crippen LogP contribution < -0.4 is 0 Å². The molecule has 0 aromatic carbocycles. The molecule has 1 rings (SSSR count). The van der Waals surface area contributed by atoms with Crippen LogP contribution in [0.1, 0.15) is 19.3 Å². The van der Waals surface area contributed by atoms with E-state index in [9.17, 15) is 18.3 Å². The highest BCUT2D eigenvalue weighted by atomic mass is 32.2. The summed E-state index contributed by atoms with van der Waals surface area (Å²) in [5.41, 5.74) is 0. The van der Waals surface area contributed by atoms with Gasteiger partial charge in [0.15, 0.2) is 0 Å². The van der Waals surface area contributed by atoms with Crippen LogP contribution in [0.15, 0.2) is 0 Å². The minimum absolute atomic E-state index is 0.0161. The van der Waals surface area contributed by atoms with E-state index in [-0.39, 0.29) is 19.7 Å². The largest absolute Gasteiger partial charge is 0.480 e. The number of hydrogen-bond donors (Lipinski definition) is 2. The molecule has 0 aliphatic carbocycles. The Hall–Kier alpha value is -0.740. The van der Waals surface area contributed by atoms with Crippen molar-refractivity contribution in [3.05, 3.63) is 0 Å². The molecule has 0 radical (unpaired) electrons. The molecule has 1 aliphatic rings. The maximum atomic E-state index is 12.4. The third-order valence-electron chi connectivity index (χ3n) is 3.26. The van der Waals surface area contributed by atoms with Gasteiger partial charge in [-0.05, 0) is 19.3 Å². The first-order valence-corrected chi connectivity index (χ1v) is 7.83. The highest BCUT2D eigenvalue weighted by Gasteiger charge is 2.39. The lowest BCUT2D eigenvalue weighted by Gasteiger charge is -2.35. The smallest absolute Gasteiger partial charge is 0.322 e. The summed E-state index contributed by atoms with van der Waals surface area (Å²) in [4.78, 5) is 11.2. The van der Waals surface area contributed by atoms with Crippen molar-refractivity contribution in [3.63, 3.8) is 0 Å². The van der Waals surface area contributed by atoms with Crippen LogP contribution in [0.2, 0.25) is 0 Å². The molecule has 8 nitrogen and oxygen atoms in total. The average molecular weight is 310 g/mol. The Kier molecular flexibility index (Phi) is 6.34. The van der Waals surface area contributed by atoms with Gasteiger partial charge >= 0.3 is 5.97 Å². The van der Waals surface area contributed by atoms with Crippen LogP contribution in [-0.2, 0) is 19.7 Å². The minimum atomic E-state index is -3.90. The van der Waals surface area contributed by atoms with Gasteiger partial charge in [0.1, 0.15) is 6.04 Å². The molecular weight excluding hydrogens is 288 g/mol. The van der Waals surface area contributed by atoms with Crippen LogP contribution in [0, 0.1) is 0 Å². The number of methoxy groups -OCH3 is 1. The number of carboxylic acid groups (broad SMARTS) is 1. The van der Waals surface area contributed by atoms with E-state index in [2.05, 4.69) is 0 Å². The third-order valence-corrected chi connectivity index (χ3v) is 5.22. The van der Waals surface area contributed by atoms with Crippen LogP contribution in [0.25, 0.3) is 0 Å². The molecule has 0 aromatic rings. The van der Waals surface area contributed by atoms with Crippen LogP contribution >= 0.6 is 0 Å². The lowest BCUT2D eigenvalue weighted by molar-refractivity contribution is -0.142. The second-order valence-electron chi connectivity index (χ2n) is 4.86. The van der Waals surface area contributed by atoms with Gasteiger partial charge in [0, 0.05) is 27.2 Å². The van der Waals surface area contributed by atoms with E-state index >= 15 is 0 Å². The first-order chi connectivity index (χ1) is 9.30. The van der Waals surface area contributed by atoms with Crippen LogP contribution in [0.4, 0.5) is 0 Å². The second kappa shape index (κ2) is 7.32. The highest BCUT2D eigenvalue weighted by Crippen LogP contribution is 2.22. The zero-order valence-corrected chi connectivity index (χ0v) is 12.5. The van der Waals surface area contributed by atoms with Crippen molar-refractivity contribution >= 4 is 16.2 Å². The number of aliphatic hydroxyl groups excluding tert-OH is 1. The number of likely N-dealkylation sites (N-methyl/N-ethyl adjacent to an activating group) is 1. The van der Waals surface area contributed by atoms with E-state index in [4.69, 9.17) is 9.84 Å². The Balaban J connectivity index is 2.82. The SMILES string of the molecule is COCC(O)CN(C)S(=O)(=O)N1CCCCC1C(=O)O. The molecule has 0 bridgehead atoms. The molecule has 20 heavy (non-hydrogen) atoms. The normalized spacial score (nSPS) is 22.9. The number of ether oxygens (including phenoxy) is 1. The molecule has 1 saturated heterocycles. The summed E-state index contributed by atoms with van der Waals surface area (Å²) in [6.45, 7) is 0.0608. The molecule has 9 heteroatoms. The zero-order valence-electron chi connectivity index (χ0n) is 11.7. The molecule has 0 saturated carbocycles. The number of piperidine rings is 1. The standard InChI is InChI=1S/C11H22N2O6S/c1-12(7-9(14)8-19-2)20(17,18)13-6-4-3-5-10(13)11(15)16/h9-10,14H,3-8H2,1-2H3,(H,15,16). The molecule has 1 fully saturated rings. The number of carboxylic acids is 1. The quantitative estimate of drug-likeness (QED) is 0.631. The third kappa shape index (κ3) is 4.13. The molecular formula is C11H22N2O6S. The van der Waals surface area contributed by atoms with Gasteiger partial charge in [-0.3, -0.25) is 4.79 Å². The van der Waals surface area contributed by atoms with Gasteiger partial charge < -0.3 is 14.9 Å². The Morgan fingerprint density at radius 2 is 2.15 bits per heavy atom. The fourth-order valence-corrected chi connectivity index (χ4v) is 3.84. The van der Waals surface area contributed by atoms with Crippen LogP contribution in [0.3, 0.4) is 0 Å². The van der Waals surface area contributed by atoms with E-state index in [0.29, 0.717) is 19.3 Å². The van der Waals surface area contributed by atoms with E-state index in [1.807, 2.05) is 0 Å². The summed E-state index contributed by atoms with van der Waals surface area (Å²) in [7, 11) is -1.17. The molecule has 118 valence electrons. The van der Waals surface area contributed by atoms with E-state index in [0.717, 1.165) is 8.61 Å². The molecule has 2 N–H and O–H groups in total.